The van der Waals surface area contributed by atoms with Crippen LogP contribution in [0.3, 0.4) is 0 Å². The molecule has 2 N–H and O–H groups in total. The van der Waals surface area contributed by atoms with E-state index in [2.05, 4.69) is 0 Å². The van der Waals surface area contributed by atoms with Gasteiger partial charge in [-0.1, -0.05) is 42.5 Å². The van der Waals surface area contributed by atoms with Crippen LogP contribution >= 0.6 is 0 Å². The van der Waals surface area contributed by atoms with Crippen LogP contribution in [0.1, 0.15) is 18.4 Å². The Balaban J connectivity index is 2.40. The van der Waals surface area contributed by atoms with Crippen LogP contribution in [-0.4, -0.2) is 11.1 Å². The van der Waals surface area contributed by atoms with E-state index in [1.807, 2.05) is 42.5 Å². The zero-order valence-corrected chi connectivity index (χ0v) is 8.31. The Hall–Kier alpha value is -1.61. The van der Waals surface area contributed by atoms with E-state index in [9.17, 15) is 4.79 Å². The van der Waals surface area contributed by atoms with Gasteiger partial charge in [0.05, 0.1) is 5.41 Å². The second kappa shape index (κ2) is 3.87. The highest BCUT2D eigenvalue weighted by Gasteiger charge is 2.40. The summed E-state index contributed by atoms with van der Waals surface area (Å²) < 4.78 is 0. The van der Waals surface area contributed by atoms with Crippen LogP contribution in [0.15, 0.2) is 42.5 Å². The molecule has 0 unspecified atom stereocenters. The second-order valence-corrected chi connectivity index (χ2v) is 3.77. The highest BCUT2D eigenvalue weighted by atomic mass is 16.5. The van der Waals surface area contributed by atoms with Crippen molar-refractivity contribution in [2.24, 2.45) is 0 Å². The molecule has 1 amide bonds. The van der Waals surface area contributed by atoms with Gasteiger partial charge in [-0.05, 0) is 18.4 Å². The number of hydrogen-bond acceptors (Lipinski definition) is 2. The minimum Gasteiger partial charge on any atom is -0.289 e. The molecular weight excluding hydrogens is 190 g/mol. The van der Waals surface area contributed by atoms with Crippen LogP contribution in [0, 0.1) is 0 Å². The van der Waals surface area contributed by atoms with Crippen molar-refractivity contribution in [3.63, 3.8) is 0 Å². The molecule has 0 heterocycles. The fraction of sp³-hybridized carbons (Fsp3) is 0.250. The largest absolute Gasteiger partial charge is 0.289 e. The molecule has 0 radical (unpaired) electrons. The maximum absolute atomic E-state index is 11.7. The molecule has 1 aliphatic rings. The average molecular weight is 203 g/mol. The van der Waals surface area contributed by atoms with Crippen LogP contribution in [0.5, 0.6) is 0 Å². The standard InChI is InChI=1S/C12H13NO2/c14-11(13-15)12(8-4-5-9-12)10-6-2-1-3-7-10/h1-7,15H,8-9H2,(H,13,14). The van der Waals surface area contributed by atoms with Gasteiger partial charge < -0.3 is 0 Å². The molecule has 0 spiro atoms. The number of nitrogens with one attached hydrogen (secondary N) is 1. The zero-order chi connectivity index (χ0) is 10.7. The predicted octanol–water partition coefficient (Wildman–Crippen LogP) is 1.78. The third-order valence-electron chi connectivity index (χ3n) is 2.96. The average Bonchev–Trinajstić information content (AvgIpc) is 2.79. The molecule has 1 aromatic carbocycles. The van der Waals surface area contributed by atoms with Crippen LogP contribution in [-0.2, 0) is 10.2 Å². The lowest BCUT2D eigenvalue weighted by Gasteiger charge is -2.26. The lowest BCUT2D eigenvalue weighted by atomic mass is 9.77. The first-order chi connectivity index (χ1) is 7.29. The summed E-state index contributed by atoms with van der Waals surface area (Å²) in [5.41, 5.74) is 2.10. The van der Waals surface area contributed by atoms with Crippen molar-refractivity contribution in [1.82, 2.24) is 5.48 Å². The molecule has 3 nitrogen and oxygen atoms in total. The maximum Gasteiger partial charge on any atom is 0.254 e. The summed E-state index contributed by atoms with van der Waals surface area (Å²) in [6, 6.07) is 9.56. The molecule has 0 saturated carbocycles. The van der Waals surface area contributed by atoms with Crippen molar-refractivity contribution in [1.29, 1.82) is 0 Å². The number of hydroxylamine groups is 1. The van der Waals surface area contributed by atoms with Gasteiger partial charge in [0.1, 0.15) is 0 Å². The van der Waals surface area contributed by atoms with Gasteiger partial charge in [0.15, 0.2) is 0 Å². The maximum atomic E-state index is 11.7. The molecule has 0 saturated heterocycles. The Morgan fingerprint density at radius 2 is 1.80 bits per heavy atom. The summed E-state index contributed by atoms with van der Waals surface area (Å²) in [6.07, 6.45) is 5.23. The predicted molar refractivity (Wildman–Crippen MR) is 56.4 cm³/mol. The van der Waals surface area contributed by atoms with Gasteiger partial charge in [-0.25, -0.2) is 5.48 Å². The van der Waals surface area contributed by atoms with E-state index in [1.54, 1.807) is 5.48 Å². The molecule has 1 aliphatic carbocycles. The van der Waals surface area contributed by atoms with Gasteiger partial charge in [0.25, 0.3) is 5.91 Å². The Bertz CT molecular complexity index is 376. The number of allylic oxidation sites excluding steroid dienone is 2. The van der Waals surface area contributed by atoms with Crippen molar-refractivity contribution < 1.29 is 10.0 Å². The summed E-state index contributed by atoms with van der Waals surface area (Å²) in [6.45, 7) is 0. The second-order valence-electron chi connectivity index (χ2n) is 3.77. The monoisotopic (exact) mass is 203 g/mol. The summed E-state index contributed by atoms with van der Waals surface area (Å²) in [7, 11) is 0. The van der Waals surface area contributed by atoms with Gasteiger partial charge in [-0.15, -0.1) is 0 Å². The molecule has 0 atom stereocenters. The summed E-state index contributed by atoms with van der Waals surface area (Å²) in [5, 5.41) is 8.79. The number of carbonyl (C=O) groups excluding carboxylic acids is 1. The number of amides is 1. The summed E-state index contributed by atoms with van der Waals surface area (Å²) in [4.78, 5) is 11.7. The number of benzene rings is 1. The Morgan fingerprint density at radius 1 is 1.20 bits per heavy atom. The van der Waals surface area contributed by atoms with Crippen LogP contribution in [0.25, 0.3) is 0 Å². The lowest BCUT2D eigenvalue weighted by molar-refractivity contribution is -0.134. The smallest absolute Gasteiger partial charge is 0.254 e. The van der Waals surface area contributed by atoms with E-state index in [0.717, 1.165) is 5.56 Å². The molecule has 2 rings (SSSR count). The van der Waals surface area contributed by atoms with Gasteiger partial charge in [0.2, 0.25) is 0 Å². The van der Waals surface area contributed by atoms with E-state index >= 15 is 0 Å². The van der Waals surface area contributed by atoms with E-state index in [4.69, 9.17) is 5.21 Å². The summed E-state index contributed by atoms with van der Waals surface area (Å²) in [5.74, 6) is -0.335. The number of rotatable bonds is 2. The third kappa shape index (κ3) is 1.55. The molecule has 0 aromatic heterocycles. The van der Waals surface area contributed by atoms with Gasteiger partial charge in [-0.3, -0.25) is 10.0 Å². The van der Waals surface area contributed by atoms with E-state index in [1.165, 1.54) is 0 Å². The normalized spacial score (nSPS) is 17.7. The fourth-order valence-corrected chi connectivity index (χ4v) is 2.07. The van der Waals surface area contributed by atoms with Crippen molar-refractivity contribution in [3.05, 3.63) is 48.0 Å². The van der Waals surface area contributed by atoms with Crippen molar-refractivity contribution in [2.45, 2.75) is 18.3 Å². The molecule has 0 bridgehead atoms. The highest BCUT2D eigenvalue weighted by Crippen LogP contribution is 2.37. The molecule has 3 heteroatoms. The van der Waals surface area contributed by atoms with Gasteiger partial charge in [-0.2, -0.15) is 0 Å². The van der Waals surface area contributed by atoms with Gasteiger partial charge in [0, 0.05) is 0 Å². The fourth-order valence-electron chi connectivity index (χ4n) is 2.07. The van der Waals surface area contributed by atoms with Crippen LogP contribution in [0.2, 0.25) is 0 Å². The zero-order valence-electron chi connectivity index (χ0n) is 8.31. The van der Waals surface area contributed by atoms with E-state index in [0.29, 0.717) is 12.8 Å². The lowest BCUT2D eigenvalue weighted by Crippen LogP contribution is -2.41. The van der Waals surface area contributed by atoms with Crippen molar-refractivity contribution in [3.8, 4) is 0 Å². The Labute approximate surface area is 88.4 Å². The molecule has 78 valence electrons. The first-order valence-corrected chi connectivity index (χ1v) is 4.95. The first kappa shape index (κ1) is 9.93. The quantitative estimate of drug-likeness (QED) is 0.437. The first-order valence-electron chi connectivity index (χ1n) is 4.95. The molecule has 15 heavy (non-hydrogen) atoms. The number of carbonyl (C=O) groups is 1. The van der Waals surface area contributed by atoms with E-state index < -0.39 is 5.41 Å². The third-order valence-corrected chi connectivity index (χ3v) is 2.96. The highest BCUT2D eigenvalue weighted by molar-refractivity contribution is 5.88. The minimum absolute atomic E-state index is 0.335. The van der Waals surface area contributed by atoms with Gasteiger partial charge >= 0.3 is 0 Å². The van der Waals surface area contributed by atoms with Crippen LogP contribution in [0.4, 0.5) is 0 Å². The Morgan fingerprint density at radius 3 is 2.33 bits per heavy atom. The number of hydrogen-bond donors (Lipinski definition) is 2. The van der Waals surface area contributed by atoms with E-state index in [-0.39, 0.29) is 5.91 Å². The SMILES string of the molecule is O=C(NO)C1(c2ccccc2)CC=CC1. The minimum atomic E-state index is -0.615. The van der Waals surface area contributed by atoms with Crippen LogP contribution < -0.4 is 5.48 Å². The van der Waals surface area contributed by atoms with Crippen molar-refractivity contribution >= 4 is 5.91 Å². The summed E-state index contributed by atoms with van der Waals surface area (Å²) >= 11 is 0. The molecule has 0 aliphatic heterocycles. The molecule has 1 aromatic rings. The topological polar surface area (TPSA) is 49.3 Å². The molecule has 0 fully saturated rings. The Kier molecular flexibility index (Phi) is 2.56. The van der Waals surface area contributed by atoms with Crippen molar-refractivity contribution in [2.75, 3.05) is 0 Å². The molecular formula is C12H13NO2.